The van der Waals surface area contributed by atoms with Gasteiger partial charge in [0.15, 0.2) is 0 Å². The van der Waals surface area contributed by atoms with Gasteiger partial charge in [-0.25, -0.2) is 0 Å². The van der Waals surface area contributed by atoms with E-state index in [0.717, 1.165) is 10.3 Å². The second kappa shape index (κ2) is 6.12. The Labute approximate surface area is 113 Å². The van der Waals surface area contributed by atoms with Crippen LogP contribution in [-0.2, 0) is 0 Å². The lowest BCUT2D eigenvalue weighted by Gasteiger charge is -2.24. The summed E-state index contributed by atoms with van der Waals surface area (Å²) < 4.78 is 0. The lowest BCUT2D eigenvalue weighted by Crippen LogP contribution is -2.24. The predicted molar refractivity (Wildman–Crippen MR) is 77.7 cm³/mol. The van der Waals surface area contributed by atoms with Gasteiger partial charge in [0.2, 0.25) is 0 Å². The van der Waals surface area contributed by atoms with Gasteiger partial charge in [-0.2, -0.15) is 0 Å². The molecule has 1 aliphatic rings. The number of halogens is 1. The summed E-state index contributed by atoms with van der Waals surface area (Å²) in [5, 5.41) is 1.99. The molecule has 2 N–H and O–H groups in total. The molecule has 0 heterocycles. The van der Waals surface area contributed by atoms with Gasteiger partial charge < -0.3 is 5.73 Å². The van der Waals surface area contributed by atoms with E-state index in [1.807, 2.05) is 12.1 Å². The molecular weight excluding hydrogens is 250 g/mol. The Balaban J connectivity index is 2.08. The van der Waals surface area contributed by atoms with Crippen LogP contribution in [0.25, 0.3) is 0 Å². The highest BCUT2D eigenvalue weighted by atomic mass is 35.5. The Morgan fingerprint density at radius 3 is 2.35 bits per heavy atom. The van der Waals surface area contributed by atoms with Crippen LogP contribution in [0.1, 0.15) is 43.4 Å². The Morgan fingerprint density at radius 2 is 1.82 bits per heavy atom. The highest BCUT2D eigenvalue weighted by Crippen LogP contribution is 2.41. The van der Waals surface area contributed by atoms with E-state index >= 15 is 0 Å². The van der Waals surface area contributed by atoms with Crippen LogP contribution in [0.15, 0.2) is 24.3 Å². The van der Waals surface area contributed by atoms with Gasteiger partial charge in [0.25, 0.3) is 0 Å². The van der Waals surface area contributed by atoms with Gasteiger partial charge in [0.05, 0.1) is 0 Å². The summed E-state index contributed by atoms with van der Waals surface area (Å²) in [5.74, 6) is 0. The molecular formula is C14H20ClNS. The Bertz CT molecular complexity index is 344. The molecule has 0 spiro atoms. The minimum atomic E-state index is 0.182. The molecule has 3 heteroatoms. The molecule has 0 radical (unpaired) electrons. The molecule has 1 aromatic rings. The molecule has 0 aliphatic heterocycles. The number of hydrogen-bond donors (Lipinski definition) is 1. The number of benzene rings is 1. The third-order valence-corrected chi connectivity index (χ3v) is 5.42. The minimum absolute atomic E-state index is 0.182. The highest BCUT2D eigenvalue weighted by molar-refractivity contribution is 8.00. The standard InChI is InChI=1S/C14H20ClNS/c1-10(16)14(17-13-4-2-3-5-13)11-6-8-12(15)9-7-11/h6-10,13-14H,2-5,16H2,1H3. The first-order valence-electron chi connectivity index (χ1n) is 6.33. The summed E-state index contributed by atoms with van der Waals surface area (Å²) in [6.07, 6.45) is 5.46. The monoisotopic (exact) mass is 269 g/mol. The first kappa shape index (κ1) is 13.3. The van der Waals surface area contributed by atoms with E-state index in [9.17, 15) is 0 Å². The molecule has 0 saturated heterocycles. The fourth-order valence-electron chi connectivity index (χ4n) is 2.39. The SMILES string of the molecule is CC(N)C(SC1CCCC1)c1ccc(Cl)cc1. The zero-order chi connectivity index (χ0) is 12.3. The van der Waals surface area contributed by atoms with E-state index in [2.05, 4.69) is 30.8 Å². The van der Waals surface area contributed by atoms with Crippen LogP contribution in [0.5, 0.6) is 0 Å². The molecule has 1 aromatic carbocycles. The number of hydrogen-bond acceptors (Lipinski definition) is 2. The molecule has 1 nitrogen and oxygen atoms in total. The van der Waals surface area contributed by atoms with Crippen molar-refractivity contribution >= 4 is 23.4 Å². The molecule has 2 atom stereocenters. The normalized spacial score (nSPS) is 20.4. The number of nitrogens with two attached hydrogens (primary N) is 1. The average Bonchev–Trinajstić information content (AvgIpc) is 2.80. The van der Waals surface area contributed by atoms with Crippen molar-refractivity contribution in [3.8, 4) is 0 Å². The van der Waals surface area contributed by atoms with Gasteiger partial charge in [0.1, 0.15) is 0 Å². The van der Waals surface area contributed by atoms with Crippen molar-refractivity contribution in [3.63, 3.8) is 0 Å². The minimum Gasteiger partial charge on any atom is -0.327 e. The zero-order valence-electron chi connectivity index (χ0n) is 10.2. The third kappa shape index (κ3) is 3.64. The van der Waals surface area contributed by atoms with Gasteiger partial charge in [-0.05, 0) is 37.5 Å². The zero-order valence-corrected chi connectivity index (χ0v) is 11.8. The second-order valence-electron chi connectivity index (χ2n) is 4.87. The van der Waals surface area contributed by atoms with Gasteiger partial charge >= 0.3 is 0 Å². The molecule has 17 heavy (non-hydrogen) atoms. The van der Waals surface area contributed by atoms with Crippen LogP contribution in [-0.4, -0.2) is 11.3 Å². The first-order chi connectivity index (χ1) is 8.16. The van der Waals surface area contributed by atoms with E-state index in [-0.39, 0.29) is 6.04 Å². The van der Waals surface area contributed by atoms with Crippen molar-refractivity contribution in [1.29, 1.82) is 0 Å². The third-order valence-electron chi connectivity index (χ3n) is 3.32. The topological polar surface area (TPSA) is 26.0 Å². The van der Waals surface area contributed by atoms with E-state index in [4.69, 9.17) is 17.3 Å². The summed E-state index contributed by atoms with van der Waals surface area (Å²) in [4.78, 5) is 0. The summed E-state index contributed by atoms with van der Waals surface area (Å²) in [7, 11) is 0. The van der Waals surface area contributed by atoms with Gasteiger partial charge in [-0.15, -0.1) is 11.8 Å². The summed E-state index contributed by atoms with van der Waals surface area (Å²) in [6, 6.07) is 8.32. The Kier molecular flexibility index (Phi) is 4.78. The Hall–Kier alpha value is -0.180. The molecule has 0 bridgehead atoms. The van der Waals surface area contributed by atoms with Crippen molar-refractivity contribution in [3.05, 3.63) is 34.9 Å². The predicted octanol–water partition coefficient (Wildman–Crippen LogP) is 4.40. The molecule has 2 unspecified atom stereocenters. The fourth-order valence-corrected chi connectivity index (χ4v) is 4.10. The molecule has 1 saturated carbocycles. The van der Waals surface area contributed by atoms with E-state index in [1.54, 1.807) is 0 Å². The van der Waals surface area contributed by atoms with E-state index in [1.165, 1.54) is 31.2 Å². The maximum absolute atomic E-state index is 6.13. The smallest absolute Gasteiger partial charge is 0.0448 e. The van der Waals surface area contributed by atoms with Crippen LogP contribution in [0.3, 0.4) is 0 Å². The summed E-state index contributed by atoms with van der Waals surface area (Å²) in [6.45, 7) is 2.10. The highest BCUT2D eigenvalue weighted by Gasteiger charge is 2.24. The van der Waals surface area contributed by atoms with Gasteiger partial charge in [-0.1, -0.05) is 36.6 Å². The van der Waals surface area contributed by atoms with E-state index < -0.39 is 0 Å². The molecule has 1 fully saturated rings. The van der Waals surface area contributed by atoms with Crippen LogP contribution < -0.4 is 5.73 Å². The number of thioether (sulfide) groups is 1. The van der Waals surface area contributed by atoms with Gasteiger partial charge in [0, 0.05) is 21.6 Å². The molecule has 0 aromatic heterocycles. The molecule has 94 valence electrons. The molecule has 0 amide bonds. The molecule has 2 rings (SSSR count). The first-order valence-corrected chi connectivity index (χ1v) is 7.65. The van der Waals surface area contributed by atoms with Gasteiger partial charge in [-0.3, -0.25) is 0 Å². The summed E-state index contributed by atoms with van der Waals surface area (Å²) in [5.41, 5.74) is 7.44. The quantitative estimate of drug-likeness (QED) is 0.877. The molecule has 1 aliphatic carbocycles. The fraction of sp³-hybridized carbons (Fsp3) is 0.571. The van der Waals surface area contributed by atoms with Crippen LogP contribution in [0.2, 0.25) is 5.02 Å². The van der Waals surface area contributed by atoms with Crippen molar-refractivity contribution in [2.24, 2.45) is 5.73 Å². The van der Waals surface area contributed by atoms with Crippen molar-refractivity contribution < 1.29 is 0 Å². The second-order valence-corrected chi connectivity index (χ2v) is 6.76. The maximum atomic E-state index is 6.13. The average molecular weight is 270 g/mol. The lowest BCUT2D eigenvalue weighted by atomic mass is 10.1. The Morgan fingerprint density at radius 1 is 1.24 bits per heavy atom. The van der Waals surface area contributed by atoms with Crippen LogP contribution in [0.4, 0.5) is 0 Å². The van der Waals surface area contributed by atoms with Crippen molar-refractivity contribution in [2.75, 3.05) is 0 Å². The number of rotatable bonds is 4. The van der Waals surface area contributed by atoms with E-state index in [0.29, 0.717) is 5.25 Å². The summed E-state index contributed by atoms with van der Waals surface area (Å²) >= 11 is 7.98. The maximum Gasteiger partial charge on any atom is 0.0448 e. The lowest BCUT2D eigenvalue weighted by molar-refractivity contribution is 0.714. The van der Waals surface area contributed by atoms with Crippen molar-refractivity contribution in [2.45, 2.75) is 49.1 Å². The largest absolute Gasteiger partial charge is 0.327 e. The van der Waals surface area contributed by atoms with Crippen LogP contribution in [0, 0.1) is 0 Å². The van der Waals surface area contributed by atoms with Crippen LogP contribution >= 0.6 is 23.4 Å². The van der Waals surface area contributed by atoms with Crippen molar-refractivity contribution in [1.82, 2.24) is 0 Å².